The largest absolute Gasteiger partial charge is 0.494 e. The van der Waals surface area contributed by atoms with Gasteiger partial charge in [-0.15, -0.1) is 0 Å². The zero-order valence-electron chi connectivity index (χ0n) is 21.5. The van der Waals surface area contributed by atoms with E-state index in [4.69, 9.17) is 9.15 Å². The molecular formula is C31H31NO4. The molecule has 5 heteroatoms. The van der Waals surface area contributed by atoms with Gasteiger partial charge in [0.05, 0.1) is 23.6 Å². The van der Waals surface area contributed by atoms with Crippen LogP contribution in [-0.2, 0) is 0 Å². The second-order valence-corrected chi connectivity index (χ2v) is 9.73. The number of carbonyl (C=O) groups excluding carboxylic acids is 1. The summed E-state index contributed by atoms with van der Waals surface area (Å²) in [6.45, 7) is 10.7. The molecule has 2 heterocycles. The molecule has 0 saturated carbocycles. The number of rotatable bonds is 6. The molecule has 1 aliphatic rings. The predicted octanol–water partition coefficient (Wildman–Crippen LogP) is 6.96. The van der Waals surface area contributed by atoms with E-state index in [9.17, 15) is 9.59 Å². The summed E-state index contributed by atoms with van der Waals surface area (Å²) in [5, 5.41) is 0.493. The van der Waals surface area contributed by atoms with Gasteiger partial charge in [0.15, 0.2) is 5.43 Å². The molecule has 0 bridgehead atoms. The second kappa shape index (κ2) is 9.30. The third-order valence-electron chi connectivity index (χ3n) is 7.20. The summed E-state index contributed by atoms with van der Waals surface area (Å²) in [5.41, 5.74) is 6.41. The number of ether oxygens (including phenoxy) is 1. The highest BCUT2D eigenvalue weighted by molar-refractivity contribution is 6.10. The third-order valence-corrected chi connectivity index (χ3v) is 7.20. The van der Waals surface area contributed by atoms with Crippen LogP contribution in [0.3, 0.4) is 0 Å². The van der Waals surface area contributed by atoms with Crippen LogP contribution in [0.15, 0.2) is 63.8 Å². The molecule has 1 aromatic heterocycles. The normalized spacial score (nSPS) is 15.0. The van der Waals surface area contributed by atoms with E-state index in [1.54, 1.807) is 4.90 Å². The lowest BCUT2D eigenvalue weighted by Crippen LogP contribution is -2.29. The van der Waals surface area contributed by atoms with Gasteiger partial charge in [0.25, 0.3) is 5.91 Å². The maximum Gasteiger partial charge on any atom is 0.295 e. The highest BCUT2D eigenvalue weighted by atomic mass is 16.5. The Morgan fingerprint density at radius 1 is 0.889 bits per heavy atom. The van der Waals surface area contributed by atoms with Crippen molar-refractivity contribution in [3.8, 4) is 5.75 Å². The summed E-state index contributed by atoms with van der Waals surface area (Å²) in [5.74, 6) is 0.516. The first kappa shape index (κ1) is 23.9. The van der Waals surface area contributed by atoms with Crippen molar-refractivity contribution < 1.29 is 13.9 Å². The van der Waals surface area contributed by atoms with Crippen LogP contribution < -0.4 is 15.1 Å². The highest BCUT2D eigenvalue weighted by Gasteiger charge is 2.43. The Labute approximate surface area is 211 Å². The zero-order chi connectivity index (χ0) is 25.6. The molecule has 3 aromatic carbocycles. The van der Waals surface area contributed by atoms with Gasteiger partial charge < -0.3 is 9.15 Å². The first-order valence-corrected chi connectivity index (χ1v) is 12.5. The fourth-order valence-electron chi connectivity index (χ4n) is 4.79. The number of carbonyl (C=O) groups is 1. The van der Waals surface area contributed by atoms with E-state index in [2.05, 4.69) is 6.92 Å². The minimum absolute atomic E-state index is 0.108. The number of anilines is 1. The van der Waals surface area contributed by atoms with E-state index in [0.29, 0.717) is 23.1 Å². The van der Waals surface area contributed by atoms with Crippen molar-refractivity contribution in [1.29, 1.82) is 0 Å². The molecule has 5 nitrogen and oxygen atoms in total. The van der Waals surface area contributed by atoms with Crippen molar-refractivity contribution >= 4 is 22.6 Å². The quantitative estimate of drug-likeness (QED) is 0.280. The zero-order valence-corrected chi connectivity index (χ0v) is 21.5. The van der Waals surface area contributed by atoms with Crippen molar-refractivity contribution in [1.82, 2.24) is 0 Å². The van der Waals surface area contributed by atoms with Gasteiger partial charge >= 0.3 is 0 Å². The smallest absolute Gasteiger partial charge is 0.295 e. The fraction of sp³-hybridized carbons (Fsp3) is 0.290. The molecule has 0 N–H and O–H groups in total. The maximum atomic E-state index is 13.9. The number of amides is 1. The van der Waals surface area contributed by atoms with Crippen LogP contribution >= 0.6 is 0 Å². The van der Waals surface area contributed by atoms with E-state index in [1.165, 1.54) is 0 Å². The number of unbranched alkanes of at least 4 members (excludes halogenated alkanes) is 1. The van der Waals surface area contributed by atoms with Gasteiger partial charge in [-0.25, -0.2) is 0 Å². The SMILES string of the molecule is CCCCOc1cccc(C2c3c(oc4cc(C)c(C)cc4c3=O)C(=O)N2c2ccc(C)c(C)c2)c1. The van der Waals surface area contributed by atoms with Gasteiger partial charge in [-0.05, 0) is 98.3 Å². The molecular weight excluding hydrogens is 450 g/mol. The highest BCUT2D eigenvalue weighted by Crippen LogP contribution is 2.42. The molecule has 0 spiro atoms. The van der Waals surface area contributed by atoms with Crippen LogP contribution in [-0.4, -0.2) is 12.5 Å². The predicted molar refractivity (Wildman–Crippen MR) is 143 cm³/mol. The van der Waals surface area contributed by atoms with Crippen molar-refractivity contribution in [2.45, 2.75) is 53.5 Å². The van der Waals surface area contributed by atoms with Crippen LogP contribution in [0, 0.1) is 27.7 Å². The Kier molecular flexibility index (Phi) is 6.17. The van der Waals surface area contributed by atoms with Gasteiger partial charge in [-0.2, -0.15) is 0 Å². The van der Waals surface area contributed by atoms with E-state index < -0.39 is 6.04 Å². The molecule has 1 unspecified atom stereocenters. The average molecular weight is 482 g/mol. The van der Waals surface area contributed by atoms with Crippen LogP contribution in [0.4, 0.5) is 5.69 Å². The van der Waals surface area contributed by atoms with E-state index in [0.717, 1.165) is 52.1 Å². The lowest BCUT2D eigenvalue weighted by atomic mass is 9.97. The first-order chi connectivity index (χ1) is 17.3. The van der Waals surface area contributed by atoms with Crippen molar-refractivity contribution in [3.63, 3.8) is 0 Å². The Morgan fingerprint density at radius 2 is 1.64 bits per heavy atom. The molecule has 5 rings (SSSR count). The minimum Gasteiger partial charge on any atom is -0.494 e. The second-order valence-electron chi connectivity index (χ2n) is 9.73. The number of benzene rings is 3. The Morgan fingerprint density at radius 3 is 2.39 bits per heavy atom. The summed E-state index contributed by atoms with van der Waals surface area (Å²) >= 11 is 0. The fourth-order valence-corrected chi connectivity index (χ4v) is 4.79. The molecule has 36 heavy (non-hydrogen) atoms. The topological polar surface area (TPSA) is 59.8 Å². The molecule has 1 amide bonds. The summed E-state index contributed by atoms with van der Waals surface area (Å²) in [7, 11) is 0. The summed E-state index contributed by atoms with van der Waals surface area (Å²) < 4.78 is 12.1. The number of fused-ring (bicyclic) bond motifs is 2. The third kappa shape index (κ3) is 3.98. The summed E-state index contributed by atoms with van der Waals surface area (Å²) in [6.07, 6.45) is 2.00. The number of hydrogen-bond donors (Lipinski definition) is 0. The van der Waals surface area contributed by atoms with Gasteiger partial charge in [0, 0.05) is 5.69 Å². The molecule has 184 valence electrons. The van der Waals surface area contributed by atoms with Gasteiger partial charge in [0.1, 0.15) is 11.3 Å². The van der Waals surface area contributed by atoms with Crippen LogP contribution in [0.1, 0.15) is 69.7 Å². The maximum absolute atomic E-state index is 13.9. The van der Waals surface area contributed by atoms with Crippen LogP contribution in [0.5, 0.6) is 5.75 Å². The Bertz CT molecular complexity index is 1550. The minimum atomic E-state index is -0.619. The molecule has 1 atom stereocenters. The molecule has 0 aliphatic carbocycles. The summed E-state index contributed by atoms with van der Waals surface area (Å²) in [4.78, 5) is 29.5. The lowest BCUT2D eigenvalue weighted by molar-refractivity contribution is 0.0971. The van der Waals surface area contributed by atoms with Gasteiger partial charge in [-0.3, -0.25) is 14.5 Å². The average Bonchev–Trinajstić information content (AvgIpc) is 3.15. The van der Waals surface area contributed by atoms with Gasteiger partial charge in [-0.1, -0.05) is 31.5 Å². The first-order valence-electron chi connectivity index (χ1n) is 12.5. The molecule has 0 radical (unpaired) electrons. The number of hydrogen-bond acceptors (Lipinski definition) is 4. The van der Waals surface area contributed by atoms with Crippen LogP contribution in [0.25, 0.3) is 11.0 Å². The van der Waals surface area contributed by atoms with Crippen molar-refractivity contribution in [3.05, 3.63) is 104 Å². The summed E-state index contributed by atoms with van der Waals surface area (Å²) in [6, 6.07) is 16.7. The standard InChI is InChI=1S/C31H31NO4/c1-6-7-13-35-24-10-8-9-22(17-24)28-27-29(33)25-15-20(4)21(5)16-26(25)36-30(27)31(34)32(28)23-12-11-18(2)19(3)14-23/h8-12,14-17,28H,6-7,13H2,1-5H3. The van der Waals surface area contributed by atoms with E-state index in [-0.39, 0.29) is 17.1 Å². The molecule has 0 saturated heterocycles. The Hall–Kier alpha value is -3.86. The monoisotopic (exact) mass is 481 g/mol. The van der Waals surface area contributed by atoms with Gasteiger partial charge in [0.2, 0.25) is 5.76 Å². The van der Waals surface area contributed by atoms with E-state index >= 15 is 0 Å². The van der Waals surface area contributed by atoms with Crippen molar-refractivity contribution in [2.24, 2.45) is 0 Å². The molecule has 4 aromatic rings. The van der Waals surface area contributed by atoms with E-state index in [1.807, 2.05) is 82.3 Å². The molecule has 1 aliphatic heterocycles. The van der Waals surface area contributed by atoms with Crippen molar-refractivity contribution in [2.75, 3.05) is 11.5 Å². The molecule has 0 fully saturated rings. The lowest BCUT2D eigenvalue weighted by Gasteiger charge is -2.26. The Balaban J connectivity index is 1.74. The number of nitrogens with zero attached hydrogens (tertiary/aromatic N) is 1. The number of aryl methyl sites for hydroxylation is 4. The van der Waals surface area contributed by atoms with Crippen LogP contribution in [0.2, 0.25) is 0 Å².